The zero-order chi connectivity index (χ0) is 16.7. The van der Waals surface area contributed by atoms with E-state index in [1.807, 2.05) is 0 Å². The van der Waals surface area contributed by atoms with E-state index in [1.165, 1.54) is 7.11 Å². The highest BCUT2D eigenvalue weighted by molar-refractivity contribution is 6.04. The van der Waals surface area contributed by atoms with Crippen molar-refractivity contribution in [2.24, 2.45) is 5.16 Å². The summed E-state index contributed by atoms with van der Waals surface area (Å²) >= 11 is 0. The van der Waals surface area contributed by atoms with Crippen LogP contribution >= 0.6 is 0 Å². The monoisotopic (exact) mass is 314 g/mol. The van der Waals surface area contributed by atoms with Gasteiger partial charge in [-0.25, -0.2) is 0 Å². The van der Waals surface area contributed by atoms with E-state index in [1.54, 1.807) is 62.9 Å². The minimum atomic E-state index is -0.226. The minimum Gasteiger partial charge on any atom is -0.497 e. The summed E-state index contributed by atoms with van der Waals surface area (Å²) in [5.41, 5.74) is 1.96. The van der Waals surface area contributed by atoms with E-state index in [0.29, 0.717) is 22.7 Å². The van der Waals surface area contributed by atoms with Crippen LogP contribution in [0.25, 0.3) is 0 Å². The first-order chi connectivity index (χ1) is 11.2. The summed E-state index contributed by atoms with van der Waals surface area (Å²) in [4.78, 5) is 16.9. The number of benzene rings is 2. The minimum absolute atomic E-state index is 0.226. The van der Waals surface area contributed by atoms with Crippen LogP contribution in [0, 0.1) is 0 Å². The Bertz CT molecular complexity index is 674. The van der Waals surface area contributed by atoms with Crippen LogP contribution in [0.15, 0.2) is 47.6 Å². The normalized spacial score (nSPS) is 10.4. The summed E-state index contributed by atoms with van der Waals surface area (Å²) in [6.45, 7) is 0. The van der Waals surface area contributed by atoms with Crippen LogP contribution in [0.5, 0.6) is 11.5 Å². The molecule has 0 atom stereocenters. The van der Waals surface area contributed by atoms with Gasteiger partial charge in [0.15, 0.2) is 0 Å². The third kappa shape index (κ3) is 4.47. The molecule has 2 aromatic rings. The summed E-state index contributed by atoms with van der Waals surface area (Å²) in [5.74, 6) is 0.979. The maximum absolute atomic E-state index is 12.3. The first-order valence-electron chi connectivity index (χ1n) is 6.87. The second kappa shape index (κ2) is 7.84. The molecule has 0 radical (unpaired) electrons. The van der Waals surface area contributed by atoms with E-state index in [4.69, 9.17) is 9.47 Å². The Morgan fingerprint density at radius 2 is 1.61 bits per heavy atom. The average molecular weight is 314 g/mol. The first-order valence-corrected chi connectivity index (χ1v) is 6.87. The van der Waals surface area contributed by atoms with Crippen LogP contribution in [-0.2, 0) is 4.84 Å². The predicted molar refractivity (Wildman–Crippen MR) is 88.5 cm³/mol. The van der Waals surface area contributed by atoms with Crippen molar-refractivity contribution in [3.05, 3.63) is 53.6 Å². The van der Waals surface area contributed by atoms with Crippen LogP contribution in [-0.4, -0.2) is 33.5 Å². The number of carbonyl (C=O) groups excluding carboxylic acids is 1. The summed E-state index contributed by atoms with van der Waals surface area (Å²) in [7, 11) is 4.59. The summed E-state index contributed by atoms with van der Waals surface area (Å²) in [6, 6.07) is 12.2. The van der Waals surface area contributed by atoms with Crippen molar-refractivity contribution >= 4 is 17.8 Å². The first kappa shape index (κ1) is 16.4. The molecule has 0 fully saturated rings. The zero-order valence-corrected chi connectivity index (χ0v) is 13.2. The Kier molecular flexibility index (Phi) is 5.57. The molecular formula is C17H18N2O4. The second-order valence-electron chi connectivity index (χ2n) is 4.59. The van der Waals surface area contributed by atoms with E-state index in [2.05, 4.69) is 15.3 Å². The lowest BCUT2D eigenvalue weighted by molar-refractivity contribution is 0.102. The van der Waals surface area contributed by atoms with Crippen molar-refractivity contribution in [2.45, 2.75) is 0 Å². The Balaban J connectivity index is 2.13. The maximum Gasteiger partial charge on any atom is 0.255 e. The Hall–Kier alpha value is -3.02. The SMILES string of the molecule is CO/N=C/c1ccc(C(=O)Nc2cc(OC)cc(OC)c2)cc1. The van der Waals surface area contributed by atoms with Crippen molar-refractivity contribution < 1.29 is 19.1 Å². The van der Waals surface area contributed by atoms with Gasteiger partial charge in [0, 0.05) is 29.4 Å². The van der Waals surface area contributed by atoms with Gasteiger partial charge in [0.2, 0.25) is 0 Å². The Morgan fingerprint density at radius 1 is 1.00 bits per heavy atom. The van der Waals surface area contributed by atoms with Crippen molar-refractivity contribution in [1.82, 2.24) is 0 Å². The molecule has 120 valence electrons. The highest BCUT2D eigenvalue weighted by Gasteiger charge is 2.08. The fourth-order valence-corrected chi connectivity index (χ4v) is 1.92. The molecule has 0 heterocycles. The number of hydrogen-bond donors (Lipinski definition) is 1. The van der Waals surface area contributed by atoms with Crippen molar-refractivity contribution in [1.29, 1.82) is 0 Å². The van der Waals surface area contributed by atoms with Gasteiger partial charge < -0.3 is 19.6 Å². The van der Waals surface area contributed by atoms with Gasteiger partial charge in [-0.2, -0.15) is 0 Å². The third-order valence-electron chi connectivity index (χ3n) is 3.09. The number of methoxy groups -OCH3 is 2. The highest BCUT2D eigenvalue weighted by Crippen LogP contribution is 2.26. The molecule has 0 saturated heterocycles. The van der Waals surface area contributed by atoms with Crippen LogP contribution in [0.3, 0.4) is 0 Å². The smallest absolute Gasteiger partial charge is 0.255 e. The fourth-order valence-electron chi connectivity index (χ4n) is 1.92. The average Bonchev–Trinajstić information content (AvgIpc) is 2.59. The molecular weight excluding hydrogens is 296 g/mol. The molecule has 0 spiro atoms. The number of hydrogen-bond acceptors (Lipinski definition) is 5. The van der Waals surface area contributed by atoms with Gasteiger partial charge in [0.25, 0.3) is 5.91 Å². The van der Waals surface area contributed by atoms with Crippen LogP contribution in [0.2, 0.25) is 0 Å². The largest absolute Gasteiger partial charge is 0.497 e. The lowest BCUT2D eigenvalue weighted by atomic mass is 10.1. The molecule has 0 saturated carbocycles. The lowest BCUT2D eigenvalue weighted by Gasteiger charge is -2.10. The fraction of sp³-hybridized carbons (Fsp3) is 0.176. The number of anilines is 1. The topological polar surface area (TPSA) is 69.2 Å². The third-order valence-corrected chi connectivity index (χ3v) is 3.09. The molecule has 0 unspecified atom stereocenters. The number of ether oxygens (including phenoxy) is 2. The van der Waals surface area contributed by atoms with E-state index in [-0.39, 0.29) is 5.91 Å². The standard InChI is InChI=1S/C17H18N2O4/c1-21-15-8-14(9-16(10-15)22-2)19-17(20)13-6-4-12(5-7-13)11-18-23-3/h4-11H,1-3H3,(H,19,20)/b18-11+. The predicted octanol–water partition coefficient (Wildman–Crippen LogP) is 2.94. The van der Waals surface area contributed by atoms with E-state index in [9.17, 15) is 4.79 Å². The number of carbonyl (C=O) groups is 1. The summed E-state index contributed by atoms with van der Waals surface area (Å²) in [6.07, 6.45) is 1.56. The molecule has 0 aliphatic rings. The number of nitrogens with zero attached hydrogens (tertiary/aromatic N) is 1. The van der Waals surface area contributed by atoms with Crippen LogP contribution in [0.1, 0.15) is 15.9 Å². The molecule has 2 rings (SSSR count). The number of oxime groups is 1. The number of rotatable bonds is 6. The number of nitrogens with one attached hydrogen (secondary N) is 1. The van der Waals surface area contributed by atoms with E-state index >= 15 is 0 Å². The Labute approximate surface area is 134 Å². The molecule has 6 heteroatoms. The van der Waals surface area contributed by atoms with Gasteiger partial charge in [0.05, 0.1) is 20.4 Å². The molecule has 0 aliphatic heterocycles. The van der Waals surface area contributed by atoms with Crippen molar-refractivity contribution in [3.63, 3.8) is 0 Å². The molecule has 0 bridgehead atoms. The van der Waals surface area contributed by atoms with Gasteiger partial charge in [-0.15, -0.1) is 0 Å². The van der Waals surface area contributed by atoms with Crippen molar-refractivity contribution in [3.8, 4) is 11.5 Å². The van der Waals surface area contributed by atoms with E-state index < -0.39 is 0 Å². The second-order valence-corrected chi connectivity index (χ2v) is 4.59. The molecule has 1 N–H and O–H groups in total. The van der Waals surface area contributed by atoms with Gasteiger partial charge >= 0.3 is 0 Å². The lowest BCUT2D eigenvalue weighted by Crippen LogP contribution is -2.12. The van der Waals surface area contributed by atoms with Crippen molar-refractivity contribution in [2.75, 3.05) is 26.6 Å². The highest BCUT2D eigenvalue weighted by atomic mass is 16.6. The van der Waals surface area contributed by atoms with Gasteiger partial charge in [-0.1, -0.05) is 17.3 Å². The maximum atomic E-state index is 12.3. The van der Waals surface area contributed by atoms with Gasteiger partial charge in [-0.3, -0.25) is 4.79 Å². The van der Waals surface area contributed by atoms with E-state index in [0.717, 1.165) is 5.56 Å². The van der Waals surface area contributed by atoms with Gasteiger partial charge in [0.1, 0.15) is 18.6 Å². The Morgan fingerprint density at radius 3 is 2.13 bits per heavy atom. The molecule has 0 aliphatic carbocycles. The molecule has 2 aromatic carbocycles. The van der Waals surface area contributed by atoms with Gasteiger partial charge in [-0.05, 0) is 17.7 Å². The molecule has 0 aromatic heterocycles. The quantitative estimate of drug-likeness (QED) is 0.657. The molecule has 23 heavy (non-hydrogen) atoms. The van der Waals surface area contributed by atoms with Crippen LogP contribution in [0.4, 0.5) is 5.69 Å². The zero-order valence-electron chi connectivity index (χ0n) is 13.2. The molecule has 1 amide bonds. The summed E-state index contributed by atoms with van der Waals surface area (Å²) in [5, 5.41) is 6.48. The molecule has 6 nitrogen and oxygen atoms in total. The van der Waals surface area contributed by atoms with Crippen LogP contribution < -0.4 is 14.8 Å². The number of amides is 1. The summed E-state index contributed by atoms with van der Waals surface area (Å²) < 4.78 is 10.4.